The average Bonchev–Trinajstić information content (AvgIpc) is 3.10. The Morgan fingerprint density at radius 2 is 2.13 bits per heavy atom. The van der Waals surface area contributed by atoms with Crippen molar-refractivity contribution in [1.29, 1.82) is 5.26 Å². The van der Waals surface area contributed by atoms with E-state index in [4.69, 9.17) is 4.74 Å². The SMILES string of the molecule is CCNC(=O)N1CCc2c(sc(NC(=O)C=Cc3ccccc3OCC)c2CC#N)C1. The quantitative estimate of drug-likeness (QED) is 0.640. The largest absolute Gasteiger partial charge is 0.493 e. The Hall–Kier alpha value is -3.31. The Balaban J connectivity index is 1.77. The number of carbonyl (C=O) groups is 2. The van der Waals surface area contributed by atoms with Crippen LogP contribution in [0.2, 0.25) is 0 Å². The van der Waals surface area contributed by atoms with Gasteiger partial charge in [-0.1, -0.05) is 18.2 Å². The first kappa shape index (κ1) is 22.4. The molecule has 2 heterocycles. The van der Waals surface area contributed by atoms with Gasteiger partial charge in [0.1, 0.15) is 10.8 Å². The predicted molar refractivity (Wildman–Crippen MR) is 122 cm³/mol. The Morgan fingerprint density at radius 1 is 1.32 bits per heavy atom. The lowest BCUT2D eigenvalue weighted by Crippen LogP contribution is -2.42. The number of fused-ring (bicyclic) bond motifs is 1. The zero-order chi connectivity index (χ0) is 22.2. The zero-order valence-electron chi connectivity index (χ0n) is 17.7. The van der Waals surface area contributed by atoms with Crippen LogP contribution >= 0.6 is 11.3 Å². The molecule has 8 heteroatoms. The summed E-state index contributed by atoms with van der Waals surface area (Å²) >= 11 is 1.44. The number of hydrogen-bond acceptors (Lipinski definition) is 5. The second-order valence-electron chi connectivity index (χ2n) is 6.95. The molecule has 2 N–H and O–H groups in total. The van der Waals surface area contributed by atoms with Crippen molar-refractivity contribution >= 4 is 34.4 Å². The number of para-hydroxylation sites is 1. The van der Waals surface area contributed by atoms with Crippen molar-refractivity contribution in [1.82, 2.24) is 10.2 Å². The molecule has 3 amide bonds. The number of rotatable bonds is 7. The van der Waals surface area contributed by atoms with Gasteiger partial charge in [-0.3, -0.25) is 4.79 Å². The fourth-order valence-electron chi connectivity index (χ4n) is 3.50. The van der Waals surface area contributed by atoms with E-state index in [1.54, 1.807) is 11.0 Å². The van der Waals surface area contributed by atoms with Gasteiger partial charge < -0.3 is 20.3 Å². The molecule has 0 bridgehead atoms. The van der Waals surface area contributed by atoms with Crippen LogP contribution in [0.4, 0.5) is 9.80 Å². The van der Waals surface area contributed by atoms with E-state index in [0.29, 0.717) is 37.7 Å². The number of thiophene rings is 1. The standard InChI is InChI=1S/C23H26N4O3S/c1-3-25-23(29)27-14-12-17-18(11-13-24)22(31-20(17)15-27)26-21(28)10-9-16-7-5-6-8-19(16)30-4-2/h5-10H,3-4,11-12,14-15H2,1-2H3,(H,25,29)(H,26,28). The molecular weight excluding hydrogens is 412 g/mol. The number of urea groups is 1. The van der Waals surface area contributed by atoms with Crippen molar-refractivity contribution in [2.45, 2.75) is 33.2 Å². The molecule has 162 valence electrons. The summed E-state index contributed by atoms with van der Waals surface area (Å²) in [6.45, 7) is 6.00. The maximum Gasteiger partial charge on any atom is 0.317 e. The highest BCUT2D eigenvalue weighted by atomic mass is 32.1. The molecule has 0 unspecified atom stereocenters. The summed E-state index contributed by atoms with van der Waals surface area (Å²) < 4.78 is 5.59. The van der Waals surface area contributed by atoms with E-state index in [9.17, 15) is 14.9 Å². The molecule has 2 aromatic rings. The summed E-state index contributed by atoms with van der Waals surface area (Å²) in [4.78, 5) is 27.5. The Bertz CT molecular complexity index is 1020. The molecule has 0 atom stereocenters. The van der Waals surface area contributed by atoms with E-state index in [1.165, 1.54) is 17.4 Å². The van der Waals surface area contributed by atoms with Crippen molar-refractivity contribution in [2.75, 3.05) is 25.0 Å². The number of amides is 3. The first-order valence-electron chi connectivity index (χ1n) is 10.3. The summed E-state index contributed by atoms with van der Waals surface area (Å²) in [5, 5.41) is 15.7. The molecule has 1 aromatic carbocycles. The highest BCUT2D eigenvalue weighted by molar-refractivity contribution is 7.16. The van der Waals surface area contributed by atoms with E-state index in [2.05, 4.69) is 16.7 Å². The van der Waals surface area contributed by atoms with Crippen LogP contribution in [0.15, 0.2) is 30.3 Å². The second-order valence-corrected chi connectivity index (χ2v) is 8.05. The number of ether oxygens (including phenoxy) is 1. The third-order valence-electron chi connectivity index (χ3n) is 4.91. The number of carbonyl (C=O) groups excluding carboxylic acids is 2. The monoisotopic (exact) mass is 438 g/mol. The van der Waals surface area contributed by atoms with Crippen LogP contribution in [0.5, 0.6) is 5.75 Å². The number of benzene rings is 1. The van der Waals surface area contributed by atoms with Crippen LogP contribution < -0.4 is 15.4 Å². The molecule has 1 aromatic heterocycles. The minimum atomic E-state index is -0.273. The maximum atomic E-state index is 12.6. The van der Waals surface area contributed by atoms with Gasteiger partial charge in [0.25, 0.3) is 0 Å². The molecule has 0 saturated heterocycles. The van der Waals surface area contributed by atoms with Crippen molar-refractivity contribution in [3.8, 4) is 11.8 Å². The normalized spacial score (nSPS) is 12.9. The molecule has 0 aliphatic carbocycles. The first-order valence-corrected chi connectivity index (χ1v) is 11.1. The van der Waals surface area contributed by atoms with Crippen molar-refractivity contribution in [2.24, 2.45) is 0 Å². The summed E-state index contributed by atoms with van der Waals surface area (Å²) in [7, 11) is 0. The summed E-state index contributed by atoms with van der Waals surface area (Å²) in [6, 6.07) is 9.62. The molecule has 0 saturated carbocycles. The summed E-state index contributed by atoms with van der Waals surface area (Å²) in [5.41, 5.74) is 2.75. The van der Waals surface area contributed by atoms with Crippen molar-refractivity contribution in [3.63, 3.8) is 0 Å². The van der Waals surface area contributed by atoms with E-state index in [1.807, 2.05) is 38.1 Å². The number of nitriles is 1. The van der Waals surface area contributed by atoms with E-state index < -0.39 is 0 Å². The first-order chi connectivity index (χ1) is 15.1. The molecule has 3 rings (SSSR count). The third-order valence-corrected chi connectivity index (χ3v) is 6.08. The van der Waals surface area contributed by atoms with E-state index in [-0.39, 0.29) is 18.4 Å². The van der Waals surface area contributed by atoms with Gasteiger partial charge in [0.2, 0.25) is 5.91 Å². The van der Waals surface area contributed by atoms with Crippen LogP contribution in [0.3, 0.4) is 0 Å². The zero-order valence-corrected chi connectivity index (χ0v) is 18.6. The third kappa shape index (κ3) is 5.44. The van der Waals surface area contributed by atoms with Gasteiger partial charge >= 0.3 is 6.03 Å². The minimum Gasteiger partial charge on any atom is -0.493 e. The molecule has 0 fully saturated rings. The van der Waals surface area contributed by atoms with Crippen molar-refractivity contribution < 1.29 is 14.3 Å². The van der Waals surface area contributed by atoms with E-state index in [0.717, 1.165) is 27.3 Å². The van der Waals surface area contributed by atoms with Crippen LogP contribution in [0.1, 0.15) is 35.4 Å². The molecular formula is C23H26N4O3S. The maximum absolute atomic E-state index is 12.6. The lowest BCUT2D eigenvalue weighted by atomic mass is 10.0. The Morgan fingerprint density at radius 3 is 2.87 bits per heavy atom. The van der Waals surface area contributed by atoms with Gasteiger partial charge in [0, 0.05) is 35.2 Å². The van der Waals surface area contributed by atoms with Gasteiger partial charge in [-0.05, 0) is 38.0 Å². The molecule has 7 nitrogen and oxygen atoms in total. The van der Waals surface area contributed by atoms with Crippen LogP contribution in [-0.2, 0) is 24.2 Å². The lowest BCUT2D eigenvalue weighted by Gasteiger charge is -2.27. The van der Waals surface area contributed by atoms with Crippen LogP contribution in [0.25, 0.3) is 6.08 Å². The molecule has 1 aliphatic heterocycles. The fraction of sp³-hybridized carbons (Fsp3) is 0.348. The smallest absolute Gasteiger partial charge is 0.317 e. The van der Waals surface area contributed by atoms with E-state index >= 15 is 0 Å². The minimum absolute atomic E-state index is 0.0927. The highest BCUT2D eigenvalue weighted by Crippen LogP contribution is 2.37. The summed E-state index contributed by atoms with van der Waals surface area (Å²) in [5.74, 6) is 0.445. The predicted octanol–water partition coefficient (Wildman–Crippen LogP) is 3.95. The van der Waals surface area contributed by atoms with Gasteiger partial charge in [0.15, 0.2) is 0 Å². The topological polar surface area (TPSA) is 94.5 Å². The van der Waals surface area contributed by atoms with Crippen LogP contribution in [0, 0.1) is 11.3 Å². The molecule has 1 aliphatic rings. The lowest BCUT2D eigenvalue weighted by molar-refractivity contribution is -0.111. The molecule has 0 spiro atoms. The number of hydrogen-bond donors (Lipinski definition) is 2. The second kappa shape index (κ2) is 10.6. The number of nitrogens with zero attached hydrogens (tertiary/aromatic N) is 2. The molecule has 31 heavy (non-hydrogen) atoms. The highest BCUT2D eigenvalue weighted by Gasteiger charge is 2.26. The Labute approximate surface area is 186 Å². The van der Waals surface area contributed by atoms with Crippen LogP contribution in [-0.4, -0.2) is 36.5 Å². The van der Waals surface area contributed by atoms with Gasteiger partial charge in [0.05, 0.1) is 25.6 Å². The van der Waals surface area contributed by atoms with Gasteiger partial charge in [-0.15, -0.1) is 11.3 Å². The summed E-state index contributed by atoms with van der Waals surface area (Å²) in [6.07, 6.45) is 4.08. The fourth-order valence-corrected chi connectivity index (χ4v) is 4.78. The average molecular weight is 439 g/mol. The Kier molecular flexibility index (Phi) is 7.68. The molecule has 0 radical (unpaired) electrons. The van der Waals surface area contributed by atoms with Gasteiger partial charge in [-0.2, -0.15) is 5.26 Å². The van der Waals surface area contributed by atoms with Crippen molar-refractivity contribution in [3.05, 3.63) is 51.9 Å². The number of anilines is 1. The van der Waals surface area contributed by atoms with Gasteiger partial charge in [-0.25, -0.2) is 4.79 Å². The number of nitrogens with one attached hydrogen (secondary N) is 2.